The van der Waals surface area contributed by atoms with Crippen LogP contribution in [-0.2, 0) is 18.9 Å². The van der Waals surface area contributed by atoms with Crippen molar-refractivity contribution in [3.8, 4) is 5.88 Å². The molecule has 0 unspecified atom stereocenters. The number of rotatable bonds is 4. The molecule has 8 heteroatoms. The topological polar surface area (TPSA) is 74.0 Å². The van der Waals surface area contributed by atoms with Crippen LogP contribution in [0.4, 0.5) is 5.69 Å². The number of ether oxygens (including phenoxy) is 1. The minimum absolute atomic E-state index is 0.118. The number of aryl methyl sites for hydroxylation is 2. The van der Waals surface area contributed by atoms with Crippen LogP contribution >= 0.6 is 15.9 Å². The summed E-state index contributed by atoms with van der Waals surface area (Å²) in [4.78, 5) is 11.9. The average molecular weight is 364 g/mol. The summed E-state index contributed by atoms with van der Waals surface area (Å²) in [6.45, 7) is -0.118. The molecule has 22 heavy (non-hydrogen) atoms. The van der Waals surface area contributed by atoms with Crippen LogP contribution in [0.3, 0.4) is 0 Å². The van der Waals surface area contributed by atoms with Crippen LogP contribution in [0.25, 0.3) is 10.9 Å². The zero-order valence-corrected chi connectivity index (χ0v) is 13.7. The molecule has 1 amide bonds. The molecule has 0 saturated heterocycles. The molecule has 114 valence electrons. The van der Waals surface area contributed by atoms with Gasteiger partial charge >= 0.3 is 0 Å². The van der Waals surface area contributed by atoms with Gasteiger partial charge in [-0.05, 0) is 18.2 Å². The lowest BCUT2D eigenvalue weighted by molar-refractivity contribution is -0.118. The van der Waals surface area contributed by atoms with Crippen molar-refractivity contribution in [1.82, 2.24) is 19.6 Å². The maximum atomic E-state index is 11.9. The number of nitrogens with one attached hydrogen (secondary N) is 1. The SMILES string of the molecule is Cn1cc(NC(=O)COc2nn(C)c3ccc(Br)cc23)cn1. The Bertz CT molecular complexity index is 839. The highest BCUT2D eigenvalue weighted by Gasteiger charge is 2.12. The third kappa shape index (κ3) is 2.96. The Morgan fingerprint density at radius 2 is 2.23 bits per heavy atom. The summed E-state index contributed by atoms with van der Waals surface area (Å²) in [6, 6.07) is 5.79. The summed E-state index contributed by atoms with van der Waals surface area (Å²) >= 11 is 3.42. The van der Waals surface area contributed by atoms with E-state index in [0.29, 0.717) is 11.6 Å². The van der Waals surface area contributed by atoms with E-state index in [-0.39, 0.29) is 12.5 Å². The number of carbonyl (C=O) groups is 1. The lowest BCUT2D eigenvalue weighted by atomic mass is 10.2. The molecule has 0 saturated carbocycles. The molecule has 7 nitrogen and oxygen atoms in total. The Balaban J connectivity index is 1.71. The first-order valence-corrected chi connectivity index (χ1v) is 7.36. The largest absolute Gasteiger partial charge is 0.466 e. The maximum absolute atomic E-state index is 11.9. The quantitative estimate of drug-likeness (QED) is 0.769. The van der Waals surface area contributed by atoms with E-state index < -0.39 is 0 Å². The molecule has 3 rings (SSSR count). The first kappa shape index (κ1) is 14.6. The van der Waals surface area contributed by atoms with Gasteiger partial charge in [0.25, 0.3) is 5.91 Å². The highest BCUT2D eigenvalue weighted by molar-refractivity contribution is 9.10. The van der Waals surface area contributed by atoms with E-state index >= 15 is 0 Å². The molecule has 0 spiro atoms. The summed E-state index contributed by atoms with van der Waals surface area (Å²) in [5, 5.41) is 11.8. The van der Waals surface area contributed by atoms with E-state index in [9.17, 15) is 4.79 Å². The maximum Gasteiger partial charge on any atom is 0.262 e. The first-order valence-electron chi connectivity index (χ1n) is 6.56. The van der Waals surface area contributed by atoms with Crippen LogP contribution in [-0.4, -0.2) is 32.1 Å². The van der Waals surface area contributed by atoms with Crippen LogP contribution in [0.15, 0.2) is 35.1 Å². The van der Waals surface area contributed by atoms with Crippen molar-refractivity contribution in [1.29, 1.82) is 0 Å². The molecule has 0 aliphatic rings. The number of aromatic nitrogens is 4. The highest BCUT2D eigenvalue weighted by Crippen LogP contribution is 2.27. The number of nitrogens with zero attached hydrogens (tertiary/aromatic N) is 4. The minimum Gasteiger partial charge on any atom is -0.466 e. The molecule has 0 fully saturated rings. The lowest BCUT2D eigenvalue weighted by Crippen LogP contribution is -2.20. The fourth-order valence-corrected chi connectivity index (χ4v) is 2.49. The zero-order valence-electron chi connectivity index (χ0n) is 12.1. The molecule has 3 aromatic rings. The smallest absolute Gasteiger partial charge is 0.262 e. The van der Waals surface area contributed by atoms with Gasteiger partial charge < -0.3 is 10.1 Å². The van der Waals surface area contributed by atoms with Crippen molar-refractivity contribution in [2.75, 3.05) is 11.9 Å². The summed E-state index contributed by atoms with van der Waals surface area (Å²) < 4.78 is 9.80. The number of hydrogen-bond donors (Lipinski definition) is 1. The van der Waals surface area contributed by atoms with Gasteiger partial charge in [-0.1, -0.05) is 15.9 Å². The van der Waals surface area contributed by atoms with Gasteiger partial charge in [-0.15, -0.1) is 5.10 Å². The van der Waals surface area contributed by atoms with Crippen molar-refractivity contribution < 1.29 is 9.53 Å². The third-order valence-electron chi connectivity index (χ3n) is 3.11. The Kier molecular flexibility index (Phi) is 3.84. The Morgan fingerprint density at radius 1 is 1.41 bits per heavy atom. The number of anilines is 1. The summed E-state index contributed by atoms with van der Waals surface area (Å²) in [7, 11) is 3.61. The normalized spacial score (nSPS) is 10.9. The zero-order chi connectivity index (χ0) is 15.7. The van der Waals surface area contributed by atoms with Crippen molar-refractivity contribution in [3.63, 3.8) is 0 Å². The molecule has 0 radical (unpaired) electrons. The van der Waals surface area contributed by atoms with Crippen LogP contribution in [0.2, 0.25) is 0 Å². The number of benzene rings is 1. The van der Waals surface area contributed by atoms with Gasteiger partial charge in [0.2, 0.25) is 5.88 Å². The number of fused-ring (bicyclic) bond motifs is 1. The monoisotopic (exact) mass is 363 g/mol. The van der Waals surface area contributed by atoms with Gasteiger partial charge in [-0.2, -0.15) is 5.10 Å². The second-order valence-electron chi connectivity index (χ2n) is 4.83. The number of halogens is 1. The van der Waals surface area contributed by atoms with Crippen LogP contribution < -0.4 is 10.1 Å². The van der Waals surface area contributed by atoms with Gasteiger partial charge in [0.05, 0.1) is 22.8 Å². The van der Waals surface area contributed by atoms with Gasteiger partial charge in [0.15, 0.2) is 6.61 Å². The number of carbonyl (C=O) groups excluding carboxylic acids is 1. The molecular weight excluding hydrogens is 350 g/mol. The van der Waals surface area contributed by atoms with E-state index in [1.165, 1.54) is 0 Å². The number of hydrogen-bond acceptors (Lipinski definition) is 4. The van der Waals surface area contributed by atoms with Crippen molar-refractivity contribution >= 4 is 38.4 Å². The second kappa shape index (κ2) is 5.80. The Labute approximate surface area is 135 Å². The predicted molar refractivity (Wildman–Crippen MR) is 85.7 cm³/mol. The van der Waals surface area contributed by atoms with Gasteiger partial charge in [-0.25, -0.2) is 0 Å². The van der Waals surface area contributed by atoms with Crippen molar-refractivity contribution in [2.24, 2.45) is 14.1 Å². The fraction of sp³-hybridized carbons (Fsp3) is 0.214. The van der Waals surface area contributed by atoms with E-state index in [1.807, 2.05) is 25.2 Å². The van der Waals surface area contributed by atoms with E-state index in [0.717, 1.165) is 15.4 Å². The summed E-state index contributed by atoms with van der Waals surface area (Å²) in [5.41, 5.74) is 1.57. The second-order valence-corrected chi connectivity index (χ2v) is 5.75. The molecule has 0 bridgehead atoms. The van der Waals surface area contributed by atoms with Gasteiger partial charge in [0, 0.05) is 24.8 Å². The number of amides is 1. The summed E-state index contributed by atoms with van der Waals surface area (Å²) in [6.07, 6.45) is 3.29. The lowest BCUT2D eigenvalue weighted by Gasteiger charge is -2.04. The van der Waals surface area contributed by atoms with Crippen LogP contribution in [0, 0.1) is 0 Å². The molecule has 1 N–H and O–H groups in total. The average Bonchev–Trinajstić information content (AvgIpc) is 3.00. The molecule has 2 aromatic heterocycles. The molecule has 2 heterocycles. The molecular formula is C14H14BrN5O2. The predicted octanol–water partition coefficient (Wildman–Crippen LogP) is 2.09. The van der Waals surface area contributed by atoms with Crippen molar-refractivity contribution in [2.45, 2.75) is 0 Å². The standard InChI is InChI=1S/C14H14BrN5O2/c1-19-7-10(6-16-19)17-13(21)8-22-14-11-5-9(15)3-4-12(11)20(2)18-14/h3-7H,8H2,1-2H3,(H,17,21). The van der Waals surface area contributed by atoms with Crippen molar-refractivity contribution in [3.05, 3.63) is 35.1 Å². The Hall–Kier alpha value is -2.35. The van der Waals surface area contributed by atoms with E-state index in [2.05, 4.69) is 31.4 Å². The van der Waals surface area contributed by atoms with E-state index in [4.69, 9.17) is 4.74 Å². The fourth-order valence-electron chi connectivity index (χ4n) is 2.13. The summed E-state index contributed by atoms with van der Waals surface area (Å²) in [5.74, 6) is 0.168. The minimum atomic E-state index is -0.262. The van der Waals surface area contributed by atoms with E-state index in [1.54, 1.807) is 28.8 Å². The molecule has 1 aromatic carbocycles. The van der Waals surface area contributed by atoms with Gasteiger partial charge in [0.1, 0.15) is 0 Å². The highest BCUT2D eigenvalue weighted by atomic mass is 79.9. The molecule has 0 aliphatic carbocycles. The Morgan fingerprint density at radius 3 is 2.95 bits per heavy atom. The molecule has 0 aliphatic heterocycles. The molecule has 0 atom stereocenters. The first-order chi connectivity index (χ1) is 10.5. The van der Waals surface area contributed by atoms with Crippen LogP contribution in [0.1, 0.15) is 0 Å². The third-order valence-corrected chi connectivity index (χ3v) is 3.60. The van der Waals surface area contributed by atoms with Gasteiger partial charge in [-0.3, -0.25) is 14.2 Å². The van der Waals surface area contributed by atoms with Crippen LogP contribution in [0.5, 0.6) is 5.88 Å².